The smallest absolute Gasteiger partial charge is 0.337 e. The molecular weight excluding hydrogens is 178 g/mol. The second kappa shape index (κ2) is 3.18. The number of hydrogen-bond donors (Lipinski definition) is 1. The summed E-state index contributed by atoms with van der Waals surface area (Å²) in [6.45, 7) is 1.97. The second-order valence-corrected chi connectivity index (χ2v) is 3.17. The Bertz CT molecular complexity index is 485. The largest absolute Gasteiger partial charge is 0.478 e. The highest BCUT2D eigenvalue weighted by Crippen LogP contribution is 2.18. The van der Waals surface area contributed by atoms with Crippen LogP contribution in [0.2, 0.25) is 0 Å². The maximum atomic E-state index is 10.9. The van der Waals surface area contributed by atoms with Crippen LogP contribution in [-0.4, -0.2) is 15.5 Å². The van der Waals surface area contributed by atoms with E-state index in [1.165, 1.54) is 0 Å². The van der Waals surface area contributed by atoms with E-state index in [2.05, 4.69) is 0 Å². The van der Waals surface area contributed by atoms with E-state index in [4.69, 9.17) is 5.11 Å². The predicted molar refractivity (Wildman–Crippen MR) is 53.7 cm³/mol. The Hall–Kier alpha value is -1.77. The van der Waals surface area contributed by atoms with Crippen molar-refractivity contribution in [3.63, 3.8) is 0 Å². The molecule has 0 bridgehead atoms. The molecule has 1 N–H and O–H groups in total. The summed E-state index contributed by atoms with van der Waals surface area (Å²) in [6, 6.07) is 5.74. The molecule has 0 amide bonds. The molecule has 2 heterocycles. The van der Waals surface area contributed by atoms with Crippen molar-refractivity contribution in [3.8, 4) is 0 Å². The Morgan fingerprint density at radius 1 is 1.50 bits per heavy atom. The molecule has 2 rings (SSSR count). The fourth-order valence-corrected chi connectivity index (χ4v) is 1.74. The van der Waals surface area contributed by atoms with Crippen LogP contribution in [0.15, 0.2) is 30.6 Å². The van der Waals surface area contributed by atoms with Crippen LogP contribution in [0.3, 0.4) is 0 Å². The van der Waals surface area contributed by atoms with Gasteiger partial charge in [0.1, 0.15) is 0 Å². The van der Waals surface area contributed by atoms with Gasteiger partial charge in [-0.05, 0) is 24.1 Å². The normalized spacial score (nSPS) is 10.6. The van der Waals surface area contributed by atoms with Gasteiger partial charge in [0.25, 0.3) is 0 Å². The van der Waals surface area contributed by atoms with Crippen molar-refractivity contribution >= 4 is 11.5 Å². The predicted octanol–water partition coefficient (Wildman–Crippen LogP) is 2.20. The van der Waals surface area contributed by atoms with E-state index in [9.17, 15) is 4.79 Å². The average Bonchev–Trinajstić information content (AvgIpc) is 2.56. The Labute approximate surface area is 81.6 Å². The van der Waals surface area contributed by atoms with Gasteiger partial charge in [-0.25, -0.2) is 4.79 Å². The van der Waals surface area contributed by atoms with Crippen molar-refractivity contribution < 1.29 is 9.90 Å². The van der Waals surface area contributed by atoms with E-state index < -0.39 is 5.97 Å². The summed E-state index contributed by atoms with van der Waals surface area (Å²) in [5.41, 5.74) is 2.28. The van der Waals surface area contributed by atoms with E-state index in [1.807, 2.05) is 35.7 Å². The van der Waals surface area contributed by atoms with Crippen LogP contribution >= 0.6 is 0 Å². The van der Waals surface area contributed by atoms with Crippen LogP contribution < -0.4 is 0 Å². The molecule has 0 aliphatic carbocycles. The first kappa shape index (κ1) is 8.81. The van der Waals surface area contributed by atoms with Gasteiger partial charge in [0.15, 0.2) is 0 Å². The molecule has 3 nitrogen and oxygen atoms in total. The average molecular weight is 189 g/mol. The molecule has 0 saturated carbocycles. The lowest BCUT2D eigenvalue weighted by molar-refractivity contribution is 0.0696. The molecule has 14 heavy (non-hydrogen) atoms. The number of hydrogen-bond acceptors (Lipinski definition) is 1. The summed E-state index contributed by atoms with van der Waals surface area (Å²) < 4.78 is 1.85. The third-order valence-corrected chi connectivity index (χ3v) is 2.38. The van der Waals surface area contributed by atoms with Crippen LogP contribution in [0.1, 0.15) is 22.8 Å². The molecule has 2 aromatic rings. The number of aromatic carboxylic acids is 1. The molecule has 0 saturated heterocycles. The topological polar surface area (TPSA) is 41.7 Å². The van der Waals surface area contributed by atoms with Crippen molar-refractivity contribution in [1.82, 2.24) is 4.40 Å². The number of nitrogens with zero attached hydrogens (tertiary/aromatic N) is 1. The summed E-state index contributed by atoms with van der Waals surface area (Å²) in [5, 5.41) is 8.98. The van der Waals surface area contributed by atoms with Gasteiger partial charge in [0, 0.05) is 17.9 Å². The SMILES string of the molecule is CCc1c(C(=O)O)cn2ccccc12. The van der Waals surface area contributed by atoms with E-state index in [0.29, 0.717) is 5.56 Å². The number of aromatic nitrogens is 1. The molecule has 0 aliphatic rings. The maximum Gasteiger partial charge on any atom is 0.337 e. The monoisotopic (exact) mass is 189 g/mol. The summed E-state index contributed by atoms with van der Waals surface area (Å²) in [5.74, 6) is -0.856. The van der Waals surface area contributed by atoms with E-state index in [1.54, 1.807) is 6.20 Å². The number of aryl methyl sites for hydroxylation is 1. The van der Waals surface area contributed by atoms with Gasteiger partial charge in [-0.2, -0.15) is 0 Å². The molecule has 72 valence electrons. The minimum Gasteiger partial charge on any atom is -0.478 e. The summed E-state index contributed by atoms with van der Waals surface area (Å²) in [7, 11) is 0. The van der Waals surface area contributed by atoms with Gasteiger partial charge in [0.05, 0.1) is 5.56 Å². The first-order chi connectivity index (χ1) is 6.74. The second-order valence-electron chi connectivity index (χ2n) is 3.17. The van der Waals surface area contributed by atoms with Gasteiger partial charge < -0.3 is 9.51 Å². The molecule has 0 radical (unpaired) electrons. The number of fused-ring (bicyclic) bond motifs is 1. The Morgan fingerprint density at radius 2 is 2.29 bits per heavy atom. The molecule has 0 aromatic carbocycles. The lowest BCUT2D eigenvalue weighted by Crippen LogP contribution is -1.97. The van der Waals surface area contributed by atoms with Crippen molar-refractivity contribution in [2.75, 3.05) is 0 Å². The standard InChI is InChI=1S/C11H11NO2/c1-2-8-9(11(13)14)7-12-6-4-3-5-10(8)12/h3-7H,2H2,1H3,(H,13,14). The zero-order valence-electron chi connectivity index (χ0n) is 7.90. The molecule has 0 aliphatic heterocycles. The van der Waals surface area contributed by atoms with Crippen LogP contribution in [0, 0.1) is 0 Å². The van der Waals surface area contributed by atoms with E-state index in [-0.39, 0.29) is 0 Å². The van der Waals surface area contributed by atoms with Crippen molar-refractivity contribution in [2.24, 2.45) is 0 Å². The Kier molecular flexibility index (Phi) is 2.00. The van der Waals surface area contributed by atoms with E-state index >= 15 is 0 Å². The van der Waals surface area contributed by atoms with Crippen molar-refractivity contribution in [2.45, 2.75) is 13.3 Å². The van der Waals surface area contributed by atoms with Crippen LogP contribution in [0.25, 0.3) is 5.52 Å². The fourth-order valence-electron chi connectivity index (χ4n) is 1.74. The zero-order valence-corrected chi connectivity index (χ0v) is 7.90. The summed E-state index contributed by atoms with van der Waals surface area (Å²) in [4.78, 5) is 10.9. The highest BCUT2D eigenvalue weighted by atomic mass is 16.4. The van der Waals surface area contributed by atoms with Crippen LogP contribution in [0.4, 0.5) is 0 Å². The molecule has 3 heteroatoms. The first-order valence-electron chi connectivity index (χ1n) is 4.56. The van der Waals surface area contributed by atoms with Gasteiger partial charge >= 0.3 is 5.97 Å². The number of pyridine rings is 1. The number of carboxylic acid groups (broad SMARTS) is 1. The number of rotatable bonds is 2. The van der Waals surface area contributed by atoms with Gasteiger partial charge in [-0.15, -0.1) is 0 Å². The first-order valence-corrected chi connectivity index (χ1v) is 4.56. The third kappa shape index (κ3) is 1.18. The molecule has 0 spiro atoms. The summed E-state index contributed by atoms with van der Waals surface area (Å²) in [6.07, 6.45) is 4.26. The zero-order chi connectivity index (χ0) is 10.1. The Morgan fingerprint density at radius 3 is 2.93 bits per heavy atom. The quantitative estimate of drug-likeness (QED) is 0.786. The molecule has 2 aromatic heterocycles. The van der Waals surface area contributed by atoms with Gasteiger partial charge in [-0.1, -0.05) is 13.0 Å². The highest BCUT2D eigenvalue weighted by molar-refractivity contribution is 5.92. The lowest BCUT2D eigenvalue weighted by atomic mass is 10.1. The third-order valence-electron chi connectivity index (χ3n) is 2.38. The van der Waals surface area contributed by atoms with Crippen molar-refractivity contribution in [3.05, 3.63) is 41.7 Å². The Balaban J connectivity index is 2.78. The van der Waals surface area contributed by atoms with Crippen molar-refractivity contribution in [1.29, 1.82) is 0 Å². The molecular formula is C11H11NO2. The number of carboxylic acids is 1. The molecule has 0 atom stereocenters. The van der Waals surface area contributed by atoms with Gasteiger partial charge in [-0.3, -0.25) is 0 Å². The van der Waals surface area contributed by atoms with Crippen LogP contribution in [-0.2, 0) is 6.42 Å². The van der Waals surface area contributed by atoms with E-state index in [0.717, 1.165) is 17.5 Å². The van der Waals surface area contributed by atoms with Gasteiger partial charge in [0.2, 0.25) is 0 Å². The minimum absolute atomic E-state index is 0.402. The fraction of sp³-hybridized carbons (Fsp3) is 0.182. The summed E-state index contributed by atoms with van der Waals surface area (Å²) >= 11 is 0. The molecule has 0 fully saturated rings. The highest BCUT2D eigenvalue weighted by Gasteiger charge is 2.13. The maximum absolute atomic E-state index is 10.9. The molecule has 0 unspecified atom stereocenters. The van der Waals surface area contributed by atoms with Crippen LogP contribution in [0.5, 0.6) is 0 Å². The minimum atomic E-state index is -0.856. The lowest BCUT2D eigenvalue weighted by Gasteiger charge is -1.96. The number of carbonyl (C=O) groups is 1.